The van der Waals surface area contributed by atoms with E-state index in [0.717, 1.165) is 5.56 Å². The van der Waals surface area contributed by atoms with Crippen molar-refractivity contribution in [2.45, 2.75) is 0 Å². The van der Waals surface area contributed by atoms with Crippen LogP contribution >= 0.6 is 12.2 Å². The molecule has 0 spiro atoms. The molecule has 0 unspecified atom stereocenters. The lowest BCUT2D eigenvalue weighted by molar-refractivity contribution is -0.384. The molecule has 0 atom stereocenters. The maximum absolute atomic E-state index is 10.6. The molecule has 21 heavy (non-hydrogen) atoms. The molecule has 0 aliphatic heterocycles. The number of nitro benzene ring substituents is 1. The molecule has 0 aliphatic rings. The number of nitrogens with one attached hydrogen (secondary N) is 2. The monoisotopic (exact) mass is 304 g/mol. The van der Waals surface area contributed by atoms with E-state index in [4.69, 9.17) is 16.6 Å². The van der Waals surface area contributed by atoms with Crippen molar-refractivity contribution in [3.05, 3.63) is 52.3 Å². The number of rotatable bonds is 4. The van der Waals surface area contributed by atoms with Gasteiger partial charge in [0.15, 0.2) is 5.11 Å². The van der Waals surface area contributed by atoms with Crippen molar-refractivity contribution in [1.82, 2.24) is 10.7 Å². The van der Waals surface area contributed by atoms with Gasteiger partial charge in [-0.1, -0.05) is 0 Å². The first-order valence-corrected chi connectivity index (χ1v) is 6.36. The van der Waals surface area contributed by atoms with Gasteiger partial charge in [-0.25, -0.2) is 0 Å². The Morgan fingerprint density at radius 1 is 1.33 bits per heavy atom. The van der Waals surface area contributed by atoms with Crippen LogP contribution in [0, 0.1) is 10.1 Å². The van der Waals surface area contributed by atoms with Crippen LogP contribution in [0.5, 0.6) is 0 Å². The zero-order valence-electron chi connectivity index (χ0n) is 11.1. The highest BCUT2D eigenvalue weighted by Crippen LogP contribution is 2.23. The molecule has 0 bridgehead atoms. The molecule has 0 saturated carbocycles. The lowest BCUT2D eigenvalue weighted by Gasteiger charge is -1.98. The Labute approximate surface area is 125 Å². The second kappa shape index (κ2) is 6.62. The Morgan fingerprint density at radius 3 is 2.67 bits per heavy atom. The summed E-state index contributed by atoms with van der Waals surface area (Å²) in [5, 5.41) is 17.6. The number of hydrazone groups is 1. The first kappa shape index (κ1) is 14.7. The van der Waals surface area contributed by atoms with Gasteiger partial charge < -0.3 is 9.73 Å². The average molecular weight is 304 g/mol. The minimum absolute atomic E-state index is 0.0388. The molecule has 0 amide bonds. The van der Waals surface area contributed by atoms with Crippen molar-refractivity contribution >= 4 is 29.2 Å². The minimum atomic E-state index is -0.444. The van der Waals surface area contributed by atoms with Crippen LogP contribution in [-0.2, 0) is 0 Å². The molecule has 0 fully saturated rings. The summed E-state index contributed by atoms with van der Waals surface area (Å²) < 4.78 is 5.56. The number of nitro groups is 1. The molecule has 8 heteroatoms. The Bertz CT molecular complexity index is 679. The van der Waals surface area contributed by atoms with Gasteiger partial charge in [0.2, 0.25) is 0 Å². The van der Waals surface area contributed by atoms with Crippen LogP contribution in [0.1, 0.15) is 5.76 Å². The van der Waals surface area contributed by atoms with Gasteiger partial charge in [0.05, 0.1) is 11.1 Å². The van der Waals surface area contributed by atoms with Gasteiger partial charge >= 0.3 is 0 Å². The van der Waals surface area contributed by atoms with E-state index in [1.807, 2.05) is 0 Å². The molecule has 0 saturated heterocycles. The SMILES string of the molecule is CNC(=S)N/N=C/c1ccc(-c2ccc([N+](=O)[O-])cc2)o1. The number of benzene rings is 1. The summed E-state index contributed by atoms with van der Waals surface area (Å²) in [5.74, 6) is 1.14. The van der Waals surface area contributed by atoms with Crippen molar-refractivity contribution in [1.29, 1.82) is 0 Å². The van der Waals surface area contributed by atoms with Gasteiger partial charge in [-0.15, -0.1) is 0 Å². The standard InChI is InChI=1S/C13H12N4O3S/c1-14-13(21)16-15-8-11-6-7-12(20-11)9-2-4-10(5-3-9)17(18)19/h2-8H,1H3,(H2,14,16,21)/b15-8+. The van der Waals surface area contributed by atoms with Gasteiger partial charge in [-0.2, -0.15) is 5.10 Å². The average Bonchev–Trinajstić information content (AvgIpc) is 2.96. The predicted molar refractivity (Wildman–Crippen MR) is 83.2 cm³/mol. The van der Waals surface area contributed by atoms with E-state index in [9.17, 15) is 10.1 Å². The number of hydrogen-bond acceptors (Lipinski definition) is 5. The largest absolute Gasteiger partial charge is 0.455 e. The maximum atomic E-state index is 10.6. The molecule has 7 nitrogen and oxygen atoms in total. The predicted octanol–water partition coefficient (Wildman–Crippen LogP) is 2.28. The summed E-state index contributed by atoms with van der Waals surface area (Å²) in [4.78, 5) is 10.1. The summed E-state index contributed by atoms with van der Waals surface area (Å²) in [5.41, 5.74) is 3.39. The van der Waals surface area contributed by atoms with Crippen LogP contribution in [0.15, 0.2) is 45.9 Å². The van der Waals surface area contributed by atoms with Crippen LogP contribution in [0.4, 0.5) is 5.69 Å². The number of furan rings is 1. The summed E-state index contributed by atoms with van der Waals surface area (Å²) >= 11 is 4.86. The van der Waals surface area contributed by atoms with Crippen molar-refractivity contribution in [2.24, 2.45) is 5.10 Å². The number of nitrogens with zero attached hydrogens (tertiary/aromatic N) is 2. The Morgan fingerprint density at radius 2 is 2.05 bits per heavy atom. The highest BCUT2D eigenvalue weighted by atomic mass is 32.1. The van der Waals surface area contributed by atoms with E-state index in [0.29, 0.717) is 16.6 Å². The minimum Gasteiger partial charge on any atom is -0.455 e. The van der Waals surface area contributed by atoms with Gasteiger partial charge in [-0.05, 0) is 36.5 Å². The first-order valence-electron chi connectivity index (χ1n) is 5.95. The highest BCUT2D eigenvalue weighted by molar-refractivity contribution is 7.80. The Balaban J connectivity index is 2.09. The van der Waals surface area contributed by atoms with Crippen molar-refractivity contribution in [2.75, 3.05) is 7.05 Å². The third-order valence-corrected chi connectivity index (χ3v) is 2.87. The zero-order chi connectivity index (χ0) is 15.2. The van der Waals surface area contributed by atoms with E-state index in [1.54, 1.807) is 31.3 Å². The van der Waals surface area contributed by atoms with Crippen LogP contribution < -0.4 is 10.7 Å². The third kappa shape index (κ3) is 3.86. The van der Waals surface area contributed by atoms with Gasteiger partial charge in [0, 0.05) is 24.7 Å². The van der Waals surface area contributed by atoms with E-state index in [-0.39, 0.29) is 5.69 Å². The lowest BCUT2D eigenvalue weighted by Crippen LogP contribution is -2.28. The van der Waals surface area contributed by atoms with E-state index < -0.39 is 4.92 Å². The topological polar surface area (TPSA) is 92.7 Å². The van der Waals surface area contributed by atoms with Crippen LogP contribution in [0.3, 0.4) is 0 Å². The van der Waals surface area contributed by atoms with E-state index in [1.165, 1.54) is 18.3 Å². The van der Waals surface area contributed by atoms with Crippen LogP contribution in [0.2, 0.25) is 0 Å². The second-order valence-corrected chi connectivity index (χ2v) is 4.36. The molecule has 108 valence electrons. The molecule has 0 radical (unpaired) electrons. The molecule has 0 aliphatic carbocycles. The lowest BCUT2D eigenvalue weighted by atomic mass is 10.1. The Kier molecular flexibility index (Phi) is 4.62. The van der Waals surface area contributed by atoms with Crippen molar-refractivity contribution in [3.8, 4) is 11.3 Å². The van der Waals surface area contributed by atoms with Gasteiger partial charge in [0.1, 0.15) is 11.5 Å². The third-order valence-electron chi connectivity index (χ3n) is 2.57. The fraction of sp³-hybridized carbons (Fsp3) is 0.0769. The molecular weight excluding hydrogens is 292 g/mol. The molecule has 1 aromatic heterocycles. The summed E-state index contributed by atoms with van der Waals surface area (Å²) in [6, 6.07) is 9.62. The molecule has 2 aromatic rings. The quantitative estimate of drug-likeness (QED) is 0.389. The van der Waals surface area contributed by atoms with E-state index in [2.05, 4.69) is 15.8 Å². The fourth-order valence-electron chi connectivity index (χ4n) is 1.54. The summed E-state index contributed by atoms with van der Waals surface area (Å²) in [6.45, 7) is 0. The maximum Gasteiger partial charge on any atom is 0.269 e. The normalized spacial score (nSPS) is 10.5. The molecule has 2 N–H and O–H groups in total. The molecule has 1 heterocycles. The van der Waals surface area contributed by atoms with Crippen LogP contribution in [0.25, 0.3) is 11.3 Å². The van der Waals surface area contributed by atoms with Crippen LogP contribution in [-0.4, -0.2) is 23.3 Å². The van der Waals surface area contributed by atoms with E-state index >= 15 is 0 Å². The molecular formula is C13H12N4O3S. The van der Waals surface area contributed by atoms with Crippen molar-refractivity contribution in [3.63, 3.8) is 0 Å². The summed E-state index contributed by atoms with van der Waals surface area (Å²) in [7, 11) is 1.68. The summed E-state index contributed by atoms with van der Waals surface area (Å²) in [6.07, 6.45) is 1.48. The highest BCUT2D eigenvalue weighted by Gasteiger charge is 2.07. The zero-order valence-corrected chi connectivity index (χ0v) is 11.9. The molecule has 1 aromatic carbocycles. The molecule has 2 rings (SSSR count). The first-order chi connectivity index (χ1) is 10.1. The van der Waals surface area contributed by atoms with Gasteiger partial charge in [0.25, 0.3) is 5.69 Å². The van der Waals surface area contributed by atoms with Gasteiger partial charge in [-0.3, -0.25) is 15.5 Å². The number of thiocarbonyl (C=S) groups is 1. The number of hydrogen-bond donors (Lipinski definition) is 2. The number of non-ortho nitro benzene ring substituents is 1. The second-order valence-electron chi connectivity index (χ2n) is 3.96. The smallest absolute Gasteiger partial charge is 0.269 e. The van der Waals surface area contributed by atoms with Crippen molar-refractivity contribution < 1.29 is 9.34 Å². The fourth-order valence-corrected chi connectivity index (χ4v) is 1.59. The Hall–Kier alpha value is -2.74.